The van der Waals surface area contributed by atoms with Crippen molar-refractivity contribution in [3.05, 3.63) is 29.3 Å². The van der Waals surface area contributed by atoms with E-state index in [1.165, 1.54) is 6.07 Å². The summed E-state index contributed by atoms with van der Waals surface area (Å²) in [6.45, 7) is 1.73. The van der Waals surface area contributed by atoms with Crippen LogP contribution in [0.3, 0.4) is 0 Å². The molecule has 0 aliphatic rings. The molecule has 0 fully saturated rings. The summed E-state index contributed by atoms with van der Waals surface area (Å²) in [5.74, 6) is -0.959. The van der Waals surface area contributed by atoms with Crippen molar-refractivity contribution >= 4 is 29.0 Å². The van der Waals surface area contributed by atoms with Crippen LogP contribution in [-0.2, 0) is 0 Å². The van der Waals surface area contributed by atoms with E-state index in [4.69, 9.17) is 5.11 Å². The van der Waals surface area contributed by atoms with Crippen molar-refractivity contribution < 1.29 is 9.90 Å². The van der Waals surface area contributed by atoms with E-state index in [-0.39, 0.29) is 5.56 Å². The molecule has 0 amide bonds. The maximum atomic E-state index is 10.7. The summed E-state index contributed by atoms with van der Waals surface area (Å²) in [6.07, 6.45) is 0. The van der Waals surface area contributed by atoms with Crippen molar-refractivity contribution in [1.29, 1.82) is 0 Å². The minimum absolute atomic E-state index is 0.242. The second kappa shape index (κ2) is 3.94. The van der Waals surface area contributed by atoms with Crippen LogP contribution >= 0.6 is 12.2 Å². The highest BCUT2D eigenvalue weighted by molar-refractivity contribution is 7.78. The first-order valence-electron chi connectivity index (χ1n) is 3.57. The zero-order chi connectivity index (χ0) is 9.84. The number of hydrogen-bond donors (Lipinski definition) is 1. The van der Waals surface area contributed by atoms with Crippen LogP contribution in [0, 0.1) is 6.92 Å². The van der Waals surface area contributed by atoms with Crippen molar-refractivity contribution in [2.75, 3.05) is 0 Å². The molecular weight excluding hydrogens is 186 g/mol. The second-order valence-electron chi connectivity index (χ2n) is 2.51. The van der Waals surface area contributed by atoms with Gasteiger partial charge in [0.25, 0.3) is 0 Å². The summed E-state index contributed by atoms with van der Waals surface area (Å²) in [4.78, 5) is 14.4. The first-order chi connectivity index (χ1) is 6.15. The molecule has 0 aromatic heterocycles. The average Bonchev–Trinajstić information content (AvgIpc) is 2.08. The molecule has 0 bridgehead atoms. The minimum atomic E-state index is -0.959. The fourth-order valence-corrected chi connectivity index (χ4v) is 1.07. The molecule has 1 aromatic carbocycles. The number of carboxylic acids is 1. The van der Waals surface area contributed by atoms with Gasteiger partial charge in [-0.15, -0.1) is 0 Å². The normalized spacial score (nSPS) is 9.00. The lowest BCUT2D eigenvalue weighted by Crippen LogP contribution is -1.98. The molecule has 13 heavy (non-hydrogen) atoms. The molecule has 0 heterocycles. The topological polar surface area (TPSA) is 49.7 Å². The van der Waals surface area contributed by atoms with Gasteiger partial charge in [0, 0.05) is 0 Å². The quantitative estimate of drug-likeness (QED) is 0.579. The number of aryl methyl sites for hydroxylation is 1. The zero-order valence-corrected chi connectivity index (χ0v) is 7.76. The average molecular weight is 193 g/mol. The summed E-state index contributed by atoms with van der Waals surface area (Å²) >= 11 is 4.41. The molecule has 0 aliphatic carbocycles. The van der Waals surface area contributed by atoms with Crippen molar-refractivity contribution in [3.8, 4) is 0 Å². The van der Waals surface area contributed by atoms with Gasteiger partial charge in [0.15, 0.2) is 0 Å². The van der Waals surface area contributed by atoms with Crippen LogP contribution in [0.2, 0.25) is 0 Å². The summed E-state index contributed by atoms with van der Waals surface area (Å²) in [7, 11) is 0. The number of carboxylic acid groups (broad SMARTS) is 1. The molecule has 0 radical (unpaired) electrons. The van der Waals surface area contributed by atoms with Gasteiger partial charge in [-0.25, -0.2) is 4.79 Å². The Labute approximate surface area is 80.7 Å². The van der Waals surface area contributed by atoms with E-state index in [0.717, 1.165) is 0 Å². The van der Waals surface area contributed by atoms with Gasteiger partial charge in [-0.1, -0.05) is 6.07 Å². The van der Waals surface area contributed by atoms with Crippen molar-refractivity contribution in [1.82, 2.24) is 0 Å². The molecule has 0 saturated heterocycles. The molecular formula is C9H7NO2S. The highest BCUT2D eigenvalue weighted by Crippen LogP contribution is 2.17. The molecule has 4 heteroatoms. The highest BCUT2D eigenvalue weighted by atomic mass is 32.1. The number of benzene rings is 1. The fraction of sp³-hybridized carbons (Fsp3) is 0.111. The van der Waals surface area contributed by atoms with Gasteiger partial charge >= 0.3 is 5.97 Å². The number of nitrogens with zero attached hydrogens (tertiary/aromatic N) is 1. The lowest BCUT2D eigenvalue weighted by molar-refractivity contribution is 0.0696. The van der Waals surface area contributed by atoms with Crippen LogP contribution in [0.1, 0.15) is 15.9 Å². The van der Waals surface area contributed by atoms with Crippen LogP contribution in [-0.4, -0.2) is 16.2 Å². The van der Waals surface area contributed by atoms with Crippen LogP contribution in [0.15, 0.2) is 23.2 Å². The van der Waals surface area contributed by atoms with E-state index in [1.54, 1.807) is 19.1 Å². The van der Waals surface area contributed by atoms with Gasteiger partial charge in [0.05, 0.1) is 16.4 Å². The summed E-state index contributed by atoms with van der Waals surface area (Å²) in [5.41, 5.74) is 1.46. The van der Waals surface area contributed by atoms with E-state index in [1.807, 2.05) is 0 Å². The number of hydrogen-bond acceptors (Lipinski definition) is 3. The zero-order valence-electron chi connectivity index (χ0n) is 6.94. The van der Waals surface area contributed by atoms with Crippen LogP contribution in [0.4, 0.5) is 5.69 Å². The van der Waals surface area contributed by atoms with Crippen molar-refractivity contribution in [3.63, 3.8) is 0 Å². The van der Waals surface area contributed by atoms with E-state index >= 15 is 0 Å². The molecule has 1 N–H and O–H groups in total. The predicted molar refractivity (Wildman–Crippen MR) is 52.8 cm³/mol. The molecule has 0 saturated carbocycles. The molecule has 1 rings (SSSR count). The third kappa shape index (κ3) is 2.21. The number of aliphatic imine (C=N–C) groups is 1. The first kappa shape index (κ1) is 9.58. The first-order valence-corrected chi connectivity index (χ1v) is 3.98. The maximum Gasteiger partial charge on any atom is 0.336 e. The van der Waals surface area contributed by atoms with E-state index < -0.39 is 5.97 Å². The van der Waals surface area contributed by atoms with Crippen LogP contribution in [0.5, 0.6) is 0 Å². The maximum absolute atomic E-state index is 10.7. The third-order valence-electron chi connectivity index (χ3n) is 1.63. The van der Waals surface area contributed by atoms with Gasteiger partial charge in [-0.05, 0) is 36.8 Å². The summed E-state index contributed by atoms with van der Waals surface area (Å²) in [5, 5.41) is 11.0. The van der Waals surface area contributed by atoms with Crippen LogP contribution < -0.4 is 0 Å². The standard InChI is InChI=1S/C9H7NO2S/c1-6-2-3-7(10-5-13)4-8(6)9(11)12/h2-4H,1H3,(H,11,12). The third-order valence-corrected chi connectivity index (χ3v) is 1.72. The summed E-state index contributed by atoms with van der Waals surface area (Å²) in [6, 6.07) is 4.85. The van der Waals surface area contributed by atoms with Crippen molar-refractivity contribution in [2.24, 2.45) is 4.99 Å². The van der Waals surface area contributed by atoms with Gasteiger partial charge in [0.2, 0.25) is 0 Å². The summed E-state index contributed by atoms with van der Waals surface area (Å²) < 4.78 is 0. The van der Waals surface area contributed by atoms with Gasteiger partial charge < -0.3 is 5.11 Å². The Hall–Kier alpha value is -1.51. The second-order valence-corrected chi connectivity index (χ2v) is 2.69. The Kier molecular flexibility index (Phi) is 2.90. The largest absolute Gasteiger partial charge is 0.478 e. The predicted octanol–water partition coefficient (Wildman–Crippen LogP) is 2.43. The Bertz CT molecular complexity index is 395. The molecule has 0 spiro atoms. The number of carbonyl (C=O) groups is 1. The number of isothiocyanates is 1. The van der Waals surface area contributed by atoms with Gasteiger partial charge in [0.1, 0.15) is 0 Å². The van der Waals surface area contributed by atoms with Gasteiger partial charge in [-0.3, -0.25) is 0 Å². The number of aromatic carboxylic acids is 1. The molecule has 3 nitrogen and oxygen atoms in total. The van der Waals surface area contributed by atoms with Crippen LogP contribution in [0.25, 0.3) is 0 Å². The highest BCUT2D eigenvalue weighted by Gasteiger charge is 2.06. The Morgan fingerprint density at radius 2 is 2.31 bits per heavy atom. The lowest BCUT2D eigenvalue weighted by atomic mass is 10.1. The Morgan fingerprint density at radius 3 is 2.85 bits per heavy atom. The number of thiocarbonyl (C=S) groups is 1. The van der Waals surface area contributed by atoms with E-state index in [2.05, 4.69) is 22.4 Å². The molecule has 66 valence electrons. The molecule has 0 aliphatic heterocycles. The molecule has 0 atom stereocenters. The Balaban J connectivity index is 3.26. The van der Waals surface area contributed by atoms with Gasteiger partial charge in [-0.2, -0.15) is 4.99 Å². The number of rotatable bonds is 2. The SMILES string of the molecule is Cc1ccc(N=C=S)cc1C(=O)O. The monoisotopic (exact) mass is 193 g/mol. The molecule has 1 aromatic rings. The smallest absolute Gasteiger partial charge is 0.336 e. The van der Waals surface area contributed by atoms with Crippen molar-refractivity contribution in [2.45, 2.75) is 6.92 Å². The fourth-order valence-electron chi connectivity index (χ4n) is 0.963. The minimum Gasteiger partial charge on any atom is -0.478 e. The lowest BCUT2D eigenvalue weighted by Gasteiger charge is -1.99. The van der Waals surface area contributed by atoms with E-state index in [0.29, 0.717) is 11.3 Å². The van der Waals surface area contributed by atoms with E-state index in [9.17, 15) is 4.79 Å². The molecule has 0 unspecified atom stereocenters. The Morgan fingerprint density at radius 1 is 1.62 bits per heavy atom.